The molecule has 1 saturated carbocycles. The first kappa shape index (κ1) is 33.9. The van der Waals surface area contributed by atoms with Crippen LogP contribution in [0.25, 0.3) is 6.08 Å². The lowest BCUT2D eigenvalue weighted by atomic mass is 9.49. The molecule has 1 aromatic rings. The van der Waals surface area contributed by atoms with E-state index in [1.54, 1.807) is 6.08 Å². The van der Waals surface area contributed by atoms with Crippen molar-refractivity contribution in [2.24, 2.45) is 5.92 Å². The molecule has 1 aromatic carbocycles. The van der Waals surface area contributed by atoms with Crippen LogP contribution in [0.4, 0.5) is 0 Å². The maximum atomic E-state index is 14.9. The summed E-state index contributed by atoms with van der Waals surface area (Å²) in [5, 5.41) is 21.6. The molecule has 4 bridgehead atoms. The van der Waals surface area contributed by atoms with Gasteiger partial charge in [0.05, 0.1) is 11.2 Å². The molecule has 3 aliphatic heterocycles. The Kier molecular flexibility index (Phi) is 7.80. The second-order valence-corrected chi connectivity index (χ2v) is 15.2. The van der Waals surface area contributed by atoms with Crippen molar-refractivity contribution in [3.63, 3.8) is 0 Å². The van der Waals surface area contributed by atoms with Crippen LogP contribution in [0.15, 0.2) is 52.7 Å². The van der Waals surface area contributed by atoms with Gasteiger partial charge in [0.25, 0.3) is 0 Å². The van der Waals surface area contributed by atoms with Crippen molar-refractivity contribution in [1.29, 1.82) is 0 Å². The summed E-state index contributed by atoms with van der Waals surface area (Å²) < 4.78 is 26.6. The van der Waals surface area contributed by atoms with Crippen molar-refractivity contribution < 1.29 is 43.5 Å². The van der Waals surface area contributed by atoms with Crippen LogP contribution in [0.1, 0.15) is 103 Å². The normalized spacial score (nSPS) is 32.0. The van der Waals surface area contributed by atoms with E-state index in [1.807, 2.05) is 52.8 Å². The molecule has 5 atom stereocenters. The quantitative estimate of drug-likeness (QED) is 0.213. The molecular weight excluding hydrogens is 612 g/mol. The fourth-order valence-electron chi connectivity index (χ4n) is 8.38. The van der Waals surface area contributed by atoms with Gasteiger partial charge in [-0.15, -0.1) is 0 Å². The summed E-state index contributed by atoms with van der Waals surface area (Å²) in [6.07, 6.45) is 12.8. The van der Waals surface area contributed by atoms with Crippen LogP contribution >= 0.6 is 0 Å². The van der Waals surface area contributed by atoms with Crippen LogP contribution in [0.5, 0.6) is 17.2 Å². The first-order valence-corrected chi connectivity index (χ1v) is 16.6. The number of carbonyl (C=O) groups excluding carboxylic acids is 2. The number of carboxylic acid groups (broad SMARTS) is 1. The molecule has 9 heteroatoms. The highest BCUT2D eigenvalue weighted by atomic mass is 16.6. The number of aliphatic carboxylic acids is 1. The fourth-order valence-corrected chi connectivity index (χ4v) is 8.38. The SMILES string of the molecule is CO[C@@]12C=C3C(=O)c4c(O)c5c(c(CC=C(C)C)c4O[C@@]34[C@@H](C1)C(C)(C)O[C@@]4(C/C=C(/C)C(=O)O)C2=O)O[C@](C)(CCC=C(C)C)C=C5. The topological polar surface area (TPSA) is 129 Å². The molecule has 6 aliphatic rings. The van der Waals surface area contributed by atoms with Crippen molar-refractivity contribution in [2.75, 3.05) is 7.11 Å². The second kappa shape index (κ2) is 11.0. The van der Waals surface area contributed by atoms with Gasteiger partial charge >= 0.3 is 5.97 Å². The third kappa shape index (κ3) is 4.60. The van der Waals surface area contributed by atoms with E-state index in [9.17, 15) is 24.6 Å². The summed E-state index contributed by atoms with van der Waals surface area (Å²) in [6.45, 7) is 15.2. The molecule has 0 amide bonds. The van der Waals surface area contributed by atoms with Gasteiger partial charge in [-0.25, -0.2) is 4.79 Å². The van der Waals surface area contributed by atoms with Gasteiger partial charge in [0.1, 0.15) is 34.0 Å². The molecular formula is C39H46O9. The number of phenolic OH excluding ortho intramolecular Hbond substituents is 1. The van der Waals surface area contributed by atoms with Crippen LogP contribution in [0, 0.1) is 5.92 Å². The number of phenols is 1. The third-order valence-corrected chi connectivity index (χ3v) is 10.9. The Bertz CT molecular complexity index is 1800. The van der Waals surface area contributed by atoms with Crippen molar-refractivity contribution in [1.82, 2.24) is 0 Å². The van der Waals surface area contributed by atoms with Crippen LogP contribution in [-0.2, 0) is 25.5 Å². The van der Waals surface area contributed by atoms with Crippen LogP contribution in [0.3, 0.4) is 0 Å². The first-order valence-electron chi connectivity index (χ1n) is 16.6. The monoisotopic (exact) mass is 658 g/mol. The van der Waals surface area contributed by atoms with Gasteiger partial charge in [0.15, 0.2) is 17.0 Å². The van der Waals surface area contributed by atoms with E-state index in [0.29, 0.717) is 29.7 Å². The second-order valence-electron chi connectivity index (χ2n) is 15.2. The molecule has 3 aliphatic carbocycles. The highest BCUT2D eigenvalue weighted by Gasteiger charge is 2.84. The van der Waals surface area contributed by atoms with Gasteiger partial charge in [-0.1, -0.05) is 29.4 Å². The summed E-state index contributed by atoms with van der Waals surface area (Å²) in [6, 6.07) is 0. The van der Waals surface area contributed by atoms with Crippen molar-refractivity contribution >= 4 is 23.6 Å². The van der Waals surface area contributed by atoms with Gasteiger partial charge in [-0.3, -0.25) is 9.59 Å². The number of methoxy groups -OCH3 is 1. The highest BCUT2D eigenvalue weighted by molar-refractivity contribution is 6.20. The summed E-state index contributed by atoms with van der Waals surface area (Å²) in [5.41, 5.74) is -3.15. The summed E-state index contributed by atoms with van der Waals surface area (Å²) in [4.78, 5) is 41.5. The van der Waals surface area contributed by atoms with Gasteiger partial charge in [0.2, 0.25) is 5.78 Å². The summed E-state index contributed by atoms with van der Waals surface area (Å²) in [5.74, 6) is -2.25. The number of carboxylic acids is 1. The lowest BCUT2D eigenvalue weighted by Gasteiger charge is -2.59. The van der Waals surface area contributed by atoms with Gasteiger partial charge in [0, 0.05) is 36.2 Å². The minimum Gasteiger partial charge on any atom is -0.506 e. The molecule has 1 spiro atoms. The number of ether oxygens (including phenoxy) is 4. The van der Waals surface area contributed by atoms with E-state index in [0.717, 1.165) is 12.0 Å². The van der Waals surface area contributed by atoms with Crippen LogP contribution in [0.2, 0.25) is 0 Å². The Hall–Kier alpha value is -3.95. The molecule has 1 saturated heterocycles. The maximum Gasteiger partial charge on any atom is 0.330 e. The zero-order valence-corrected chi connectivity index (χ0v) is 29.3. The van der Waals surface area contributed by atoms with E-state index in [1.165, 1.54) is 25.7 Å². The number of aromatic hydroxyl groups is 1. The number of allylic oxidation sites excluding steroid dienone is 4. The Labute approximate surface area is 282 Å². The number of benzene rings is 1. The largest absolute Gasteiger partial charge is 0.506 e. The van der Waals surface area contributed by atoms with Gasteiger partial charge < -0.3 is 29.2 Å². The number of fused-ring (bicyclic) bond motifs is 2. The number of ketones is 2. The Morgan fingerprint density at radius 1 is 1.02 bits per heavy atom. The Balaban J connectivity index is 1.63. The van der Waals surface area contributed by atoms with Crippen LogP contribution < -0.4 is 9.47 Å². The van der Waals surface area contributed by atoms with E-state index >= 15 is 0 Å². The molecule has 0 aromatic heterocycles. The first-order chi connectivity index (χ1) is 22.4. The standard InChI is InChI=1S/C39H46O9/c1-21(2)11-10-16-36(8)17-15-24-29(40)28-30(41)26-19-37(45-9)20-27-35(6,7)48-38(34(37)44,18-14-23(5)33(42)43)39(26,27)47-32(28)25(31(24)46-36)13-12-22(3)4/h11-12,14-15,17,19,27,40H,10,13,16,18,20H2,1-9H3,(H,42,43)/b23-14-/t27-,36+,37-,38-,39+/m0/s1. The van der Waals surface area contributed by atoms with Crippen molar-refractivity contribution in [2.45, 2.75) is 115 Å². The predicted molar refractivity (Wildman–Crippen MR) is 181 cm³/mol. The average Bonchev–Trinajstić information content (AvgIpc) is 3.16. The fraction of sp³-hybridized carbons (Fsp3) is 0.513. The van der Waals surface area contributed by atoms with Crippen molar-refractivity contribution in [3.8, 4) is 17.2 Å². The number of hydrogen-bond donors (Lipinski definition) is 2. The van der Waals surface area contributed by atoms with Gasteiger partial charge in [-0.2, -0.15) is 0 Å². The zero-order chi connectivity index (χ0) is 35.2. The van der Waals surface area contributed by atoms with E-state index in [4.69, 9.17) is 18.9 Å². The molecule has 256 valence electrons. The minimum atomic E-state index is -1.79. The van der Waals surface area contributed by atoms with Crippen LogP contribution in [-0.4, -0.2) is 62.9 Å². The lowest BCUT2D eigenvalue weighted by molar-refractivity contribution is -0.190. The Morgan fingerprint density at radius 2 is 1.71 bits per heavy atom. The number of hydrogen-bond acceptors (Lipinski definition) is 8. The molecule has 48 heavy (non-hydrogen) atoms. The lowest BCUT2D eigenvalue weighted by Crippen LogP contribution is -2.77. The van der Waals surface area contributed by atoms with E-state index in [2.05, 4.69) is 19.9 Å². The minimum absolute atomic E-state index is 0.0000390. The Morgan fingerprint density at radius 3 is 2.33 bits per heavy atom. The molecule has 9 nitrogen and oxygen atoms in total. The average molecular weight is 659 g/mol. The zero-order valence-electron chi connectivity index (χ0n) is 29.3. The highest BCUT2D eigenvalue weighted by Crippen LogP contribution is 2.70. The predicted octanol–water partition coefficient (Wildman–Crippen LogP) is 7.01. The van der Waals surface area contributed by atoms with Gasteiger partial charge in [-0.05, 0) is 99.3 Å². The smallest absolute Gasteiger partial charge is 0.330 e. The molecule has 0 radical (unpaired) electrons. The molecule has 2 N–H and O–H groups in total. The summed E-state index contributed by atoms with van der Waals surface area (Å²) >= 11 is 0. The van der Waals surface area contributed by atoms with E-state index < -0.39 is 51.5 Å². The van der Waals surface area contributed by atoms with E-state index in [-0.39, 0.29) is 41.1 Å². The number of carbonyl (C=O) groups is 3. The molecule has 0 unspecified atom stereocenters. The summed E-state index contributed by atoms with van der Waals surface area (Å²) in [7, 11) is 1.43. The molecule has 7 rings (SSSR count). The number of rotatable bonds is 9. The third-order valence-electron chi connectivity index (χ3n) is 10.9. The molecule has 3 heterocycles. The number of Topliss-reactive ketones (excluding diaryl/α,β-unsaturated/α-hetero) is 2. The maximum absolute atomic E-state index is 14.9. The molecule has 2 fully saturated rings. The van der Waals surface area contributed by atoms with Crippen molar-refractivity contribution in [3.05, 3.63) is 69.4 Å².